The molecular weight excluding hydrogens is 190 g/mol. The fraction of sp³-hybridized carbons (Fsp3) is 0.556. The van der Waals surface area contributed by atoms with Crippen LogP contribution in [-0.2, 0) is 6.54 Å². The minimum atomic E-state index is 0.589. The molecule has 0 N–H and O–H groups in total. The summed E-state index contributed by atoms with van der Waals surface area (Å²) in [7, 11) is 2.12. The molecule has 0 unspecified atom stereocenters. The molecular formula is C9H14ClNS. The Morgan fingerprint density at radius 2 is 2.25 bits per heavy atom. The maximum Gasteiger partial charge on any atom is 0.0516 e. The lowest BCUT2D eigenvalue weighted by Crippen LogP contribution is -2.24. The van der Waals surface area contributed by atoms with Gasteiger partial charge in [0, 0.05) is 22.8 Å². The molecule has 1 heterocycles. The van der Waals surface area contributed by atoms with Gasteiger partial charge in [-0.15, -0.1) is 11.3 Å². The molecule has 0 amide bonds. The van der Waals surface area contributed by atoms with Crippen LogP contribution in [0.25, 0.3) is 0 Å². The zero-order valence-corrected chi connectivity index (χ0v) is 9.25. The second-order valence-corrected chi connectivity index (χ2v) is 4.67. The molecule has 12 heavy (non-hydrogen) atoms. The van der Waals surface area contributed by atoms with Gasteiger partial charge in [-0.25, -0.2) is 0 Å². The minimum absolute atomic E-state index is 0.589. The molecule has 68 valence electrons. The van der Waals surface area contributed by atoms with E-state index < -0.39 is 0 Å². The molecule has 0 fully saturated rings. The van der Waals surface area contributed by atoms with Gasteiger partial charge in [-0.3, -0.25) is 4.90 Å². The van der Waals surface area contributed by atoms with Crippen LogP contribution < -0.4 is 0 Å². The molecule has 0 saturated heterocycles. The number of rotatable bonds is 3. The van der Waals surface area contributed by atoms with Crippen molar-refractivity contribution < 1.29 is 0 Å². The molecule has 0 aliphatic carbocycles. The molecule has 0 bridgehead atoms. The third kappa shape index (κ3) is 2.77. The van der Waals surface area contributed by atoms with Crippen molar-refractivity contribution in [3.8, 4) is 0 Å². The average Bonchev–Trinajstić information content (AvgIpc) is 2.35. The molecule has 0 radical (unpaired) electrons. The van der Waals surface area contributed by atoms with Crippen LogP contribution in [0.4, 0.5) is 0 Å². The first-order valence-electron chi connectivity index (χ1n) is 4.02. The molecule has 1 nitrogen and oxygen atoms in total. The first-order chi connectivity index (χ1) is 5.59. The van der Waals surface area contributed by atoms with E-state index in [2.05, 4.69) is 25.8 Å². The van der Waals surface area contributed by atoms with Crippen molar-refractivity contribution in [3.05, 3.63) is 21.3 Å². The highest BCUT2D eigenvalue weighted by molar-refractivity contribution is 7.10. The van der Waals surface area contributed by atoms with Crippen molar-refractivity contribution in [1.29, 1.82) is 0 Å². The molecule has 0 spiro atoms. The van der Waals surface area contributed by atoms with Crippen molar-refractivity contribution in [2.75, 3.05) is 7.05 Å². The molecule has 3 heteroatoms. The summed E-state index contributed by atoms with van der Waals surface area (Å²) < 4.78 is 0. The molecule has 0 atom stereocenters. The SMILES string of the molecule is CC(C)N(C)Cc1cc(Cl)cs1. The van der Waals surface area contributed by atoms with Gasteiger partial charge in [-0.05, 0) is 27.0 Å². The topological polar surface area (TPSA) is 3.24 Å². The Bertz CT molecular complexity index is 244. The number of nitrogens with zero attached hydrogens (tertiary/aromatic N) is 1. The highest BCUT2D eigenvalue weighted by Gasteiger charge is 2.05. The molecule has 1 aromatic heterocycles. The van der Waals surface area contributed by atoms with E-state index >= 15 is 0 Å². The fourth-order valence-corrected chi connectivity index (χ4v) is 2.00. The molecule has 0 aliphatic rings. The maximum absolute atomic E-state index is 5.82. The van der Waals surface area contributed by atoms with Crippen molar-refractivity contribution in [1.82, 2.24) is 4.90 Å². The summed E-state index contributed by atoms with van der Waals surface area (Å²) in [6, 6.07) is 2.62. The smallest absolute Gasteiger partial charge is 0.0516 e. The van der Waals surface area contributed by atoms with E-state index in [4.69, 9.17) is 11.6 Å². The van der Waals surface area contributed by atoms with Gasteiger partial charge < -0.3 is 0 Å². The number of hydrogen-bond donors (Lipinski definition) is 0. The molecule has 0 aromatic carbocycles. The van der Waals surface area contributed by atoms with Crippen LogP contribution in [0.3, 0.4) is 0 Å². The number of hydrogen-bond acceptors (Lipinski definition) is 2. The van der Waals surface area contributed by atoms with E-state index in [1.54, 1.807) is 11.3 Å². The van der Waals surface area contributed by atoms with E-state index in [1.807, 2.05) is 11.4 Å². The first-order valence-corrected chi connectivity index (χ1v) is 5.28. The Kier molecular flexibility index (Phi) is 3.56. The maximum atomic E-state index is 5.82. The molecule has 1 rings (SSSR count). The summed E-state index contributed by atoms with van der Waals surface area (Å²) in [4.78, 5) is 3.62. The summed E-state index contributed by atoms with van der Waals surface area (Å²) in [6.45, 7) is 5.37. The predicted octanol–water partition coefficient (Wildman–Crippen LogP) is 3.24. The zero-order valence-electron chi connectivity index (χ0n) is 7.67. The average molecular weight is 204 g/mol. The lowest BCUT2D eigenvalue weighted by atomic mass is 10.3. The largest absolute Gasteiger partial charge is 0.299 e. The molecule has 1 aromatic rings. The predicted molar refractivity (Wildman–Crippen MR) is 55.9 cm³/mol. The Morgan fingerprint density at radius 1 is 1.58 bits per heavy atom. The summed E-state index contributed by atoms with van der Waals surface area (Å²) in [5.41, 5.74) is 0. The number of halogens is 1. The van der Waals surface area contributed by atoms with E-state index in [1.165, 1.54) is 4.88 Å². The van der Waals surface area contributed by atoms with Gasteiger partial charge in [0.1, 0.15) is 0 Å². The Hall–Kier alpha value is -0.0500. The van der Waals surface area contributed by atoms with Gasteiger partial charge in [-0.1, -0.05) is 11.6 Å². The third-order valence-corrected chi connectivity index (χ3v) is 3.18. The summed E-state index contributed by atoms with van der Waals surface area (Å²) in [5.74, 6) is 0. The minimum Gasteiger partial charge on any atom is -0.299 e. The van der Waals surface area contributed by atoms with Crippen LogP contribution in [0.1, 0.15) is 18.7 Å². The monoisotopic (exact) mass is 203 g/mol. The van der Waals surface area contributed by atoms with E-state index in [9.17, 15) is 0 Å². The van der Waals surface area contributed by atoms with Crippen molar-refractivity contribution >= 4 is 22.9 Å². The van der Waals surface area contributed by atoms with Gasteiger partial charge in [0.25, 0.3) is 0 Å². The third-order valence-electron chi connectivity index (χ3n) is 1.91. The van der Waals surface area contributed by atoms with E-state index in [-0.39, 0.29) is 0 Å². The fourth-order valence-electron chi connectivity index (χ4n) is 0.865. The van der Waals surface area contributed by atoms with Crippen LogP contribution in [0.2, 0.25) is 5.02 Å². The highest BCUT2D eigenvalue weighted by atomic mass is 35.5. The summed E-state index contributed by atoms with van der Waals surface area (Å²) in [5, 5.41) is 2.83. The number of thiophene rings is 1. The van der Waals surface area contributed by atoms with Gasteiger partial charge in [0.15, 0.2) is 0 Å². The second-order valence-electron chi connectivity index (χ2n) is 3.24. The van der Waals surface area contributed by atoms with Crippen molar-refractivity contribution in [3.63, 3.8) is 0 Å². The van der Waals surface area contributed by atoms with Crippen LogP contribution in [0.5, 0.6) is 0 Å². The summed E-state index contributed by atoms with van der Waals surface area (Å²) >= 11 is 7.54. The summed E-state index contributed by atoms with van der Waals surface area (Å²) in [6.07, 6.45) is 0. The molecule has 0 aliphatic heterocycles. The van der Waals surface area contributed by atoms with Crippen LogP contribution in [-0.4, -0.2) is 18.0 Å². The van der Waals surface area contributed by atoms with Gasteiger partial charge in [0.05, 0.1) is 5.02 Å². The highest BCUT2D eigenvalue weighted by Crippen LogP contribution is 2.20. The van der Waals surface area contributed by atoms with Crippen molar-refractivity contribution in [2.45, 2.75) is 26.4 Å². The lowest BCUT2D eigenvalue weighted by Gasteiger charge is -2.19. The van der Waals surface area contributed by atoms with Crippen LogP contribution >= 0.6 is 22.9 Å². The lowest BCUT2D eigenvalue weighted by molar-refractivity contribution is 0.268. The van der Waals surface area contributed by atoms with Crippen LogP contribution in [0.15, 0.2) is 11.4 Å². The van der Waals surface area contributed by atoms with E-state index in [0.29, 0.717) is 6.04 Å². The normalized spacial score (nSPS) is 11.5. The second kappa shape index (κ2) is 4.26. The van der Waals surface area contributed by atoms with Gasteiger partial charge in [-0.2, -0.15) is 0 Å². The Morgan fingerprint density at radius 3 is 2.67 bits per heavy atom. The first kappa shape index (κ1) is 10.0. The van der Waals surface area contributed by atoms with Gasteiger partial charge in [0.2, 0.25) is 0 Å². The van der Waals surface area contributed by atoms with Gasteiger partial charge >= 0.3 is 0 Å². The molecule has 0 saturated carbocycles. The standard InChI is InChI=1S/C9H14ClNS/c1-7(2)11(3)5-9-4-8(10)6-12-9/h4,6-7H,5H2,1-3H3. The van der Waals surface area contributed by atoms with Crippen molar-refractivity contribution in [2.24, 2.45) is 0 Å². The quantitative estimate of drug-likeness (QED) is 0.729. The zero-order chi connectivity index (χ0) is 9.14. The Balaban J connectivity index is 2.52. The van der Waals surface area contributed by atoms with E-state index in [0.717, 1.165) is 11.6 Å². The Labute approximate surface area is 83.0 Å². The van der Waals surface area contributed by atoms with Crippen LogP contribution in [0, 0.1) is 0 Å².